The van der Waals surface area contributed by atoms with Gasteiger partial charge >= 0.3 is 0 Å². The number of hydrogen-bond donors (Lipinski definition) is 0. The van der Waals surface area contributed by atoms with E-state index in [1.165, 1.54) is 59.0 Å². The molecule has 7 rings (SSSR count). The summed E-state index contributed by atoms with van der Waals surface area (Å²) < 4.78 is 5.03. The van der Waals surface area contributed by atoms with Crippen molar-refractivity contribution < 1.29 is 0 Å². The minimum atomic E-state index is 1.18. The summed E-state index contributed by atoms with van der Waals surface area (Å²) in [5.74, 6) is 0. The van der Waals surface area contributed by atoms with Gasteiger partial charge in [-0.1, -0.05) is 60.7 Å². The van der Waals surface area contributed by atoms with Gasteiger partial charge in [-0.15, -0.1) is 11.3 Å². The zero-order valence-corrected chi connectivity index (χ0v) is 19.6. The quantitative estimate of drug-likeness (QED) is 0.259. The predicted octanol–water partition coefficient (Wildman–Crippen LogP) is 8.92. The Balaban J connectivity index is 1.38. The molecule has 0 aliphatic rings. The fraction of sp³-hybridized carbons (Fsp3) is 0.0323. The summed E-state index contributed by atoms with van der Waals surface area (Å²) in [6, 6.07) is 41.6. The van der Waals surface area contributed by atoms with E-state index >= 15 is 0 Å². The standard InChI is InChI=1S/C31H22N2S/c1-32(23-15-17-26-25-12-6-8-14-30(25)34-31(26)20-23)22-16-18-29-27(19-22)24-11-5-7-13-28(24)33(29)21-9-3-2-4-10-21/h2-20H,1H3. The fourth-order valence-electron chi connectivity index (χ4n) is 5.10. The Kier molecular flexibility index (Phi) is 4.26. The van der Waals surface area contributed by atoms with Crippen LogP contribution in [-0.4, -0.2) is 11.6 Å². The molecule has 162 valence electrons. The van der Waals surface area contributed by atoms with Crippen LogP contribution < -0.4 is 4.90 Å². The zero-order chi connectivity index (χ0) is 22.6. The van der Waals surface area contributed by atoms with Crippen LogP contribution in [0.4, 0.5) is 11.4 Å². The van der Waals surface area contributed by atoms with E-state index in [1.54, 1.807) is 0 Å². The van der Waals surface area contributed by atoms with Crippen LogP contribution in [0.3, 0.4) is 0 Å². The summed E-state index contributed by atoms with van der Waals surface area (Å²) in [7, 11) is 2.16. The van der Waals surface area contributed by atoms with Crippen molar-refractivity contribution in [1.29, 1.82) is 0 Å². The van der Waals surface area contributed by atoms with Crippen LogP contribution in [0.25, 0.3) is 47.7 Å². The first kappa shape index (κ1) is 19.4. The number of rotatable bonds is 3. The van der Waals surface area contributed by atoms with Gasteiger partial charge in [0, 0.05) is 55.1 Å². The monoisotopic (exact) mass is 454 g/mol. The molecule has 0 amide bonds. The molecule has 5 aromatic carbocycles. The number of aromatic nitrogens is 1. The Hall–Kier alpha value is -4.08. The number of para-hydroxylation sites is 2. The van der Waals surface area contributed by atoms with E-state index in [1.807, 2.05) is 11.3 Å². The highest BCUT2D eigenvalue weighted by Crippen LogP contribution is 2.39. The second-order valence-electron chi connectivity index (χ2n) is 8.73. The van der Waals surface area contributed by atoms with E-state index < -0.39 is 0 Å². The average Bonchev–Trinajstić information content (AvgIpc) is 3.43. The smallest absolute Gasteiger partial charge is 0.0542 e. The van der Waals surface area contributed by atoms with Gasteiger partial charge in [0.05, 0.1) is 11.0 Å². The lowest BCUT2D eigenvalue weighted by Gasteiger charge is -2.20. The topological polar surface area (TPSA) is 8.17 Å². The van der Waals surface area contributed by atoms with Gasteiger partial charge in [0.25, 0.3) is 0 Å². The molecular weight excluding hydrogens is 432 g/mol. The van der Waals surface area contributed by atoms with Crippen LogP contribution in [0.2, 0.25) is 0 Å². The molecule has 7 aromatic rings. The Morgan fingerprint density at radius 2 is 1.18 bits per heavy atom. The van der Waals surface area contributed by atoms with Gasteiger partial charge in [-0.2, -0.15) is 0 Å². The lowest BCUT2D eigenvalue weighted by atomic mass is 10.1. The molecule has 0 bridgehead atoms. The van der Waals surface area contributed by atoms with Gasteiger partial charge < -0.3 is 9.47 Å². The van der Waals surface area contributed by atoms with Crippen molar-refractivity contribution in [2.75, 3.05) is 11.9 Å². The Morgan fingerprint density at radius 1 is 0.529 bits per heavy atom. The average molecular weight is 455 g/mol. The number of hydrogen-bond acceptors (Lipinski definition) is 2. The third kappa shape index (κ3) is 2.87. The van der Waals surface area contributed by atoms with Gasteiger partial charge in [0.2, 0.25) is 0 Å². The van der Waals surface area contributed by atoms with Crippen LogP contribution in [0.1, 0.15) is 0 Å². The Morgan fingerprint density at radius 3 is 2.06 bits per heavy atom. The van der Waals surface area contributed by atoms with E-state index in [-0.39, 0.29) is 0 Å². The molecule has 0 N–H and O–H groups in total. The molecule has 0 fully saturated rings. The maximum atomic E-state index is 2.36. The summed E-state index contributed by atoms with van der Waals surface area (Å²) in [4.78, 5) is 2.29. The van der Waals surface area contributed by atoms with Gasteiger partial charge in [-0.05, 0) is 54.6 Å². The molecule has 0 aliphatic carbocycles. The fourth-order valence-corrected chi connectivity index (χ4v) is 6.24. The molecule has 0 spiro atoms. The molecule has 34 heavy (non-hydrogen) atoms. The van der Waals surface area contributed by atoms with Crippen molar-refractivity contribution in [3.8, 4) is 5.69 Å². The van der Waals surface area contributed by atoms with E-state index in [2.05, 4.69) is 132 Å². The lowest BCUT2D eigenvalue weighted by molar-refractivity contribution is 1.18. The van der Waals surface area contributed by atoms with E-state index in [0.717, 1.165) is 0 Å². The highest BCUT2D eigenvalue weighted by atomic mass is 32.1. The summed E-state index contributed by atoms with van der Waals surface area (Å²) in [6.45, 7) is 0. The third-order valence-electron chi connectivity index (χ3n) is 6.81. The molecule has 0 aliphatic heterocycles. The molecule has 0 saturated heterocycles. The summed E-state index contributed by atoms with van der Waals surface area (Å²) in [5.41, 5.74) is 6.03. The molecule has 3 heteroatoms. The highest BCUT2D eigenvalue weighted by Gasteiger charge is 2.14. The first-order valence-electron chi connectivity index (χ1n) is 11.5. The zero-order valence-electron chi connectivity index (χ0n) is 18.8. The van der Waals surface area contributed by atoms with Crippen LogP contribution in [0.5, 0.6) is 0 Å². The first-order valence-corrected chi connectivity index (χ1v) is 12.3. The van der Waals surface area contributed by atoms with Crippen molar-refractivity contribution in [1.82, 2.24) is 4.57 Å². The van der Waals surface area contributed by atoms with E-state index in [0.29, 0.717) is 0 Å². The minimum Gasteiger partial charge on any atom is -0.345 e. The van der Waals surface area contributed by atoms with E-state index in [9.17, 15) is 0 Å². The summed E-state index contributed by atoms with van der Waals surface area (Å²) in [6.07, 6.45) is 0. The Bertz CT molecular complexity index is 1830. The van der Waals surface area contributed by atoms with Crippen LogP contribution in [0, 0.1) is 0 Å². The second-order valence-corrected chi connectivity index (χ2v) is 9.81. The van der Waals surface area contributed by atoms with Crippen molar-refractivity contribution in [3.63, 3.8) is 0 Å². The van der Waals surface area contributed by atoms with Crippen LogP contribution >= 0.6 is 11.3 Å². The molecule has 2 aromatic heterocycles. The molecule has 2 heterocycles. The number of anilines is 2. The summed E-state index contributed by atoms with van der Waals surface area (Å²) >= 11 is 1.86. The number of benzene rings is 5. The number of thiophene rings is 1. The molecule has 2 nitrogen and oxygen atoms in total. The van der Waals surface area contributed by atoms with E-state index in [4.69, 9.17) is 0 Å². The minimum absolute atomic E-state index is 1.18. The van der Waals surface area contributed by atoms with Gasteiger partial charge in [0.15, 0.2) is 0 Å². The number of nitrogens with zero attached hydrogens (tertiary/aromatic N) is 2. The van der Waals surface area contributed by atoms with Gasteiger partial charge in [-0.3, -0.25) is 0 Å². The van der Waals surface area contributed by atoms with Crippen LogP contribution in [-0.2, 0) is 0 Å². The van der Waals surface area contributed by atoms with Crippen molar-refractivity contribution >= 4 is 64.7 Å². The lowest BCUT2D eigenvalue weighted by Crippen LogP contribution is -2.09. The second kappa shape index (κ2) is 7.47. The third-order valence-corrected chi connectivity index (χ3v) is 7.94. The maximum Gasteiger partial charge on any atom is 0.0542 e. The van der Waals surface area contributed by atoms with Crippen molar-refractivity contribution in [2.24, 2.45) is 0 Å². The van der Waals surface area contributed by atoms with Crippen LogP contribution in [0.15, 0.2) is 115 Å². The normalized spacial score (nSPS) is 11.7. The summed E-state index contributed by atoms with van der Waals surface area (Å²) in [5, 5.41) is 5.22. The predicted molar refractivity (Wildman–Crippen MR) is 148 cm³/mol. The highest BCUT2D eigenvalue weighted by molar-refractivity contribution is 7.25. The molecule has 0 saturated carbocycles. The van der Waals surface area contributed by atoms with Crippen molar-refractivity contribution in [2.45, 2.75) is 0 Å². The van der Waals surface area contributed by atoms with Crippen molar-refractivity contribution in [3.05, 3.63) is 115 Å². The SMILES string of the molecule is CN(c1ccc2c(c1)sc1ccccc12)c1ccc2c(c1)c1ccccc1n2-c1ccccc1. The molecule has 0 unspecified atom stereocenters. The van der Waals surface area contributed by atoms with Gasteiger partial charge in [0.1, 0.15) is 0 Å². The molecule has 0 atom stereocenters. The molecule has 0 radical (unpaired) electrons. The largest absolute Gasteiger partial charge is 0.345 e. The molecular formula is C31H22N2S. The van der Waals surface area contributed by atoms with Gasteiger partial charge in [-0.25, -0.2) is 0 Å². The first-order chi connectivity index (χ1) is 16.8. The number of fused-ring (bicyclic) bond motifs is 6. The maximum absolute atomic E-state index is 2.36. The Labute approximate surface area is 201 Å².